The van der Waals surface area contributed by atoms with Crippen LogP contribution in [0.5, 0.6) is 0 Å². The van der Waals surface area contributed by atoms with Gasteiger partial charge in [0.15, 0.2) is 5.78 Å². The quantitative estimate of drug-likeness (QED) is 0.822. The minimum absolute atomic E-state index is 0.266. The molecule has 3 heteroatoms. The fourth-order valence-corrected chi connectivity index (χ4v) is 4.42. The molecule has 22 heavy (non-hydrogen) atoms. The Balaban J connectivity index is 1.69. The molecule has 0 aliphatic heterocycles. The van der Waals surface area contributed by atoms with E-state index in [1.165, 1.54) is 69.2 Å². The minimum atomic E-state index is 0.266. The number of hydrogen-bond donors (Lipinski definition) is 1. The fourth-order valence-electron chi connectivity index (χ4n) is 4.42. The summed E-state index contributed by atoms with van der Waals surface area (Å²) in [7, 11) is 0. The number of carbonyl (C=O) groups excluding carboxylic acids is 1. The van der Waals surface area contributed by atoms with Gasteiger partial charge in [0, 0.05) is 29.0 Å². The lowest BCUT2D eigenvalue weighted by Gasteiger charge is -2.26. The van der Waals surface area contributed by atoms with Crippen molar-refractivity contribution >= 4 is 5.78 Å². The molecule has 0 radical (unpaired) electrons. The van der Waals surface area contributed by atoms with Crippen LogP contribution in [-0.2, 0) is 0 Å². The maximum Gasteiger partial charge on any atom is 0.178 e. The molecule has 0 spiro atoms. The number of rotatable bonds is 5. The first-order chi connectivity index (χ1) is 10.7. The Hall–Kier alpha value is -1.09. The van der Waals surface area contributed by atoms with E-state index in [9.17, 15) is 4.79 Å². The Morgan fingerprint density at radius 1 is 1.09 bits per heavy atom. The molecule has 1 aromatic rings. The molecular weight excluding hydrogens is 272 g/mol. The lowest BCUT2D eigenvalue weighted by atomic mass is 9.95. The number of ketones is 1. The summed E-state index contributed by atoms with van der Waals surface area (Å²) in [5.74, 6) is 0.266. The Labute approximate surface area is 134 Å². The maximum absolute atomic E-state index is 12.6. The van der Waals surface area contributed by atoms with E-state index in [-0.39, 0.29) is 5.78 Å². The normalized spacial score (nSPS) is 20.6. The summed E-state index contributed by atoms with van der Waals surface area (Å²) in [5, 5.41) is 3.46. The summed E-state index contributed by atoms with van der Waals surface area (Å²) in [6, 6.07) is 3.28. The van der Waals surface area contributed by atoms with E-state index in [1.54, 1.807) is 0 Å². The van der Waals surface area contributed by atoms with E-state index in [4.69, 9.17) is 0 Å². The zero-order valence-corrected chi connectivity index (χ0v) is 14.2. The number of carbonyl (C=O) groups is 1. The van der Waals surface area contributed by atoms with Crippen molar-refractivity contribution < 1.29 is 4.79 Å². The van der Waals surface area contributed by atoms with Crippen LogP contribution in [0.15, 0.2) is 6.07 Å². The van der Waals surface area contributed by atoms with Crippen molar-refractivity contribution in [1.29, 1.82) is 0 Å². The van der Waals surface area contributed by atoms with E-state index in [0.717, 1.165) is 5.56 Å². The van der Waals surface area contributed by atoms with Crippen LogP contribution in [0.1, 0.15) is 85.6 Å². The van der Waals surface area contributed by atoms with Gasteiger partial charge in [-0.1, -0.05) is 32.1 Å². The second-order valence-corrected chi connectivity index (χ2v) is 7.23. The molecule has 0 aromatic carbocycles. The van der Waals surface area contributed by atoms with E-state index in [2.05, 4.69) is 29.8 Å². The standard InChI is InChI=1S/C19H30N2O/c1-14-12-18(19(22)13-20-16-8-6-7-9-16)15(2)21(14)17-10-4-3-5-11-17/h12,16-17,20H,3-11,13H2,1-2H3. The zero-order chi connectivity index (χ0) is 15.5. The maximum atomic E-state index is 12.6. The van der Waals surface area contributed by atoms with Crippen molar-refractivity contribution in [2.24, 2.45) is 0 Å². The lowest BCUT2D eigenvalue weighted by molar-refractivity contribution is 0.0986. The van der Waals surface area contributed by atoms with Crippen LogP contribution >= 0.6 is 0 Å². The Bertz CT molecular complexity index is 520. The average molecular weight is 302 g/mol. The largest absolute Gasteiger partial charge is 0.345 e. The average Bonchev–Trinajstić information content (AvgIpc) is 3.14. The summed E-state index contributed by atoms with van der Waals surface area (Å²) in [6.45, 7) is 4.78. The van der Waals surface area contributed by atoms with E-state index in [1.807, 2.05) is 0 Å². The van der Waals surface area contributed by atoms with Gasteiger partial charge >= 0.3 is 0 Å². The molecule has 1 N–H and O–H groups in total. The third-order valence-corrected chi connectivity index (χ3v) is 5.63. The SMILES string of the molecule is Cc1cc(C(=O)CNC2CCCC2)c(C)n1C1CCCCC1. The molecule has 0 saturated heterocycles. The predicted octanol–water partition coefficient (Wildman–Crippen LogP) is 4.33. The molecule has 0 amide bonds. The van der Waals surface area contributed by atoms with Crippen molar-refractivity contribution in [3.63, 3.8) is 0 Å². The van der Waals surface area contributed by atoms with Crippen molar-refractivity contribution in [2.75, 3.05) is 6.54 Å². The second-order valence-electron chi connectivity index (χ2n) is 7.23. The molecule has 1 heterocycles. The number of nitrogens with one attached hydrogen (secondary N) is 1. The summed E-state index contributed by atoms with van der Waals surface area (Å²) in [5.41, 5.74) is 3.38. The molecule has 0 unspecified atom stereocenters. The van der Waals surface area contributed by atoms with E-state index in [0.29, 0.717) is 18.6 Å². The van der Waals surface area contributed by atoms with Crippen LogP contribution in [0.3, 0.4) is 0 Å². The number of hydrogen-bond acceptors (Lipinski definition) is 2. The molecule has 3 nitrogen and oxygen atoms in total. The van der Waals surface area contributed by atoms with Gasteiger partial charge < -0.3 is 9.88 Å². The first-order valence-electron chi connectivity index (χ1n) is 9.12. The van der Waals surface area contributed by atoms with Crippen LogP contribution in [0.2, 0.25) is 0 Å². The number of aryl methyl sites for hydroxylation is 1. The molecule has 2 aliphatic carbocycles. The van der Waals surface area contributed by atoms with Crippen LogP contribution in [-0.4, -0.2) is 22.9 Å². The van der Waals surface area contributed by atoms with Crippen LogP contribution < -0.4 is 5.32 Å². The van der Waals surface area contributed by atoms with Gasteiger partial charge in [-0.05, 0) is 45.6 Å². The minimum Gasteiger partial charge on any atom is -0.345 e. The van der Waals surface area contributed by atoms with Gasteiger partial charge in [-0.2, -0.15) is 0 Å². The topological polar surface area (TPSA) is 34.0 Å². The molecule has 2 fully saturated rings. The molecule has 2 aliphatic rings. The van der Waals surface area contributed by atoms with Crippen molar-refractivity contribution in [2.45, 2.75) is 83.7 Å². The van der Waals surface area contributed by atoms with Crippen LogP contribution in [0.25, 0.3) is 0 Å². The number of aromatic nitrogens is 1. The van der Waals surface area contributed by atoms with Gasteiger partial charge in [-0.25, -0.2) is 0 Å². The predicted molar refractivity (Wildman–Crippen MR) is 90.6 cm³/mol. The third-order valence-electron chi connectivity index (χ3n) is 5.63. The highest BCUT2D eigenvalue weighted by Crippen LogP contribution is 2.32. The van der Waals surface area contributed by atoms with Gasteiger partial charge in [0.25, 0.3) is 0 Å². The van der Waals surface area contributed by atoms with Gasteiger partial charge in [0.2, 0.25) is 0 Å². The van der Waals surface area contributed by atoms with Gasteiger partial charge in [-0.15, -0.1) is 0 Å². The lowest BCUT2D eigenvalue weighted by Crippen LogP contribution is -2.31. The Morgan fingerprint density at radius 3 is 2.41 bits per heavy atom. The van der Waals surface area contributed by atoms with E-state index >= 15 is 0 Å². The smallest absolute Gasteiger partial charge is 0.178 e. The molecule has 3 rings (SSSR count). The number of Topliss-reactive ketones (excluding diaryl/α,β-unsaturated/α-hetero) is 1. The highest BCUT2D eigenvalue weighted by molar-refractivity contribution is 5.99. The van der Waals surface area contributed by atoms with Gasteiger partial charge in [0.05, 0.1) is 6.54 Å². The number of nitrogens with zero attached hydrogens (tertiary/aromatic N) is 1. The molecule has 0 bridgehead atoms. The highest BCUT2D eigenvalue weighted by Gasteiger charge is 2.23. The first-order valence-corrected chi connectivity index (χ1v) is 9.12. The van der Waals surface area contributed by atoms with Gasteiger partial charge in [0.1, 0.15) is 0 Å². The fraction of sp³-hybridized carbons (Fsp3) is 0.737. The van der Waals surface area contributed by atoms with Crippen LogP contribution in [0, 0.1) is 13.8 Å². The monoisotopic (exact) mass is 302 g/mol. The zero-order valence-electron chi connectivity index (χ0n) is 14.2. The van der Waals surface area contributed by atoms with Crippen LogP contribution in [0.4, 0.5) is 0 Å². The highest BCUT2D eigenvalue weighted by atomic mass is 16.1. The molecule has 2 saturated carbocycles. The Morgan fingerprint density at radius 2 is 1.73 bits per heavy atom. The van der Waals surface area contributed by atoms with Gasteiger partial charge in [-0.3, -0.25) is 4.79 Å². The third kappa shape index (κ3) is 3.29. The van der Waals surface area contributed by atoms with Crippen molar-refractivity contribution in [3.8, 4) is 0 Å². The second kappa shape index (κ2) is 6.99. The van der Waals surface area contributed by atoms with Crippen molar-refractivity contribution in [3.05, 3.63) is 23.0 Å². The molecule has 122 valence electrons. The Kier molecular flexibility index (Phi) is 5.02. The van der Waals surface area contributed by atoms with Crippen molar-refractivity contribution in [1.82, 2.24) is 9.88 Å². The molecule has 0 atom stereocenters. The molecule has 1 aromatic heterocycles. The summed E-state index contributed by atoms with van der Waals surface area (Å²) in [6.07, 6.45) is 11.6. The summed E-state index contributed by atoms with van der Waals surface area (Å²) < 4.78 is 2.43. The van der Waals surface area contributed by atoms with E-state index < -0.39 is 0 Å². The summed E-state index contributed by atoms with van der Waals surface area (Å²) >= 11 is 0. The first kappa shape index (κ1) is 15.8. The summed E-state index contributed by atoms with van der Waals surface area (Å²) in [4.78, 5) is 12.6. The molecular formula is C19H30N2O.